The first-order valence-electron chi connectivity index (χ1n) is 8.68. The van der Waals surface area contributed by atoms with Gasteiger partial charge in [0, 0.05) is 18.1 Å². The third-order valence-electron chi connectivity index (χ3n) is 4.40. The predicted molar refractivity (Wildman–Crippen MR) is 104 cm³/mol. The molecular weight excluding hydrogens is 407 g/mol. The molecule has 1 aromatic carbocycles. The molecule has 3 rings (SSSR count). The zero-order valence-electron chi connectivity index (χ0n) is 14.8. The fourth-order valence-electron chi connectivity index (χ4n) is 2.91. The van der Waals surface area contributed by atoms with Crippen LogP contribution in [0.3, 0.4) is 0 Å². The number of carbonyl (C=O) groups excluding carboxylic acids is 3. The fourth-order valence-corrected chi connectivity index (χ4v) is 3.77. The van der Waals surface area contributed by atoms with Crippen molar-refractivity contribution in [3.8, 4) is 0 Å². The highest BCUT2D eigenvalue weighted by Crippen LogP contribution is 2.22. The number of carbonyl (C=O) groups is 3. The molecule has 2 amide bonds. The Labute approximate surface area is 170 Å². The Bertz CT molecular complexity index is 867. The number of ether oxygens (including phenoxy) is 1. The molecule has 1 saturated heterocycles. The molecule has 1 fully saturated rings. The second-order valence-electron chi connectivity index (χ2n) is 6.32. The summed E-state index contributed by atoms with van der Waals surface area (Å²) in [6.45, 7) is 0.395. The van der Waals surface area contributed by atoms with Crippen molar-refractivity contribution >= 4 is 46.4 Å². The van der Waals surface area contributed by atoms with E-state index in [1.807, 2.05) is 11.4 Å². The third-order valence-corrected chi connectivity index (χ3v) is 5.49. The Kier molecular flexibility index (Phi) is 6.64. The van der Waals surface area contributed by atoms with Gasteiger partial charge in [0.25, 0.3) is 11.8 Å². The summed E-state index contributed by atoms with van der Waals surface area (Å²) in [6.07, 6.45) is 0.945. The molecule has 0 atom stereocenters. The van der Waals surface area contributed by atoms with E-state index in [0.717, 1.165) is 6.07 Å². The van der Waals surface area contributed by atoms with Gasteiger partial charge < -0.3 is 15.0 Å². The molecule has 0 saturated carbocycles. The zero-order valence-corrected chi connectivity index (χ0v) is 16.4. The van der Waals surface area contributed by atoms with E-state index in [0.29, 0.717) is 30.8 Å². The molecule has 6 nitrogen and oxygen atoms in total. The van der Waals surface area contributed by atoms with Gasteiger partial charge in [-0.1, -0.05) is 17.7 Å². The molecule has 148 valence electrons. The number of amides is 2. The van der Waals surface area contributed by atoms with Crippen LogP contribution in [0, 0.1) is 11.7 Å². The Balaban J connectivity index is 1.44. The van der Waals surface area contributed by atoms with Gasteiger partial charge in [0.2, 0.25) is 0 Å². The van der Waals surface area contributed by atoms with E-state index in [1.165, 1.54) is 23.5 Å². The summed E-state index contributed by atoms with van der Waals surface area (Å²) in [4.78, 5) is 38.8. The number of hydrogen-bond acceptors (Lipinski definition) is 5. The zero-order chi connectivity index (χ0) is 20.1. The van der Waals surface area contributed by atoms with Gasteiger partial charge in [-0.3, -0.25) is 14.4 Å². The highest BCUT2D eigenvalue weighted by atomic mass is 35.5. The largest absolute Gasteiger partial charge is 0.455 e. The first-order valence-corrected chi connectivity index (χ1v) is 9.94. The van der Waals surface area contributed by atoms with Crippen LogP contribution in [0.15, 0.2) is 35.7 Å². The van der Waals surface area contributed by atoms with Crippen LogP contribution in [-0.2, 0) is 14.3 Å². The van der Waals surface area contributed by atoms with E-state index < -0.39 is 24.3 Å². The molecule has 28 heavy (non-hydrogen) atoms. The summed E-state index contributed by atoms with van der Waals surface area (Å²) < 4.78 is 18.7. The van der Waals surface area contributed by atoms with Crippen LogP contribution in [0.1, 0.15) is 22.5 Å². The number of thiophene rings is 1. The van der Waals surface area contributed by atoms with Crippen molar-refractivity contribution < 1.29 is 23.5 Å². The Morgan fingerprint density at radius 2 is 2.00 bits per heavy atom. The molecule has 0 spiro atoms. The highest BCUT2D eigenvalue weighted by molar-refractivity contribution is 7.12. The number of hydrogen-bond donors (Lipinski definition) is 1. The first kappa shape index (κ1) is 20.3. The molecule has 2 aromatic rings. The van der Waals surface area contributed by atoms with Crippen molar-refractivity contribution in [2.45, 2.75) is 12.8 Å². The molecule has 1 aliphatic rings. The van der Waals surface area contributed by atoms with Gasteiger partial charge in [0.05, 0.1) is 16.5 Å². The lowest BCUT2D eigenvalue weighted by molar-refractivity contribution is -0.152. The molecule has 1 N–H and O–H groups in total. The lowest BCUT2D eigenvalue weighted by Gasteiger charge is -2.30. The van der Waals surface area contributed by atoms with Crippen molar-refractivity contribution in [2.75, 3.05) is 25.0 Å². The third kappa shape index (κ3) is 5.08. The molecule has 0 bridgehead atoms. The second kappa shape index (κ2) is 9.16. The molecular formula is C19H18ClFN2O4S. The van der Waals surface area contributed by atoms with Crippen molar-refractivity contribution in [3.63, 3.8) is 0 Å². The van der Waals surface area contributed by atoms with Crippen LogP contribution < -0.4 is 5.32 Å². The minimum atomic E-state index is -0.653. The van der Waals surface area contributed by atoms with Gasteiger partial charge in [-0.25, -0.2) is 4.39 Å². The molecule has 1 aliphatic heterocycles. The van der Waals surface area contributed by atoms with Gasteiger partial charge >= 0.3 is 5.97 Å². The lowest BCUT2D eigenvalue weighted by Crippen LogP contribution is -2.40. The maximum Gasteiger partial charge on any atom is 0.309 e. The Hall–Kier alpha value is -2.45. The van der Waals surface area contributed by atoms with E-state index in [1.54, 1.807) is 11.0 Å². The standard InChI is InChI=1S/C19H18ClFN2O4S/c20-13-3-4-14(21)15(10-13)22-17(24)11-27-19(26)12-5-7-23(8-6-12)18(25)16-2-1-9-28-16/h1-4,9-10,12H,5-8,11H2,(H,22,24). The summed E-state index contributed by atoms with van der Waals surface area (Å²) in [6, 6.07) is 7.37. The molecule has 1 aromatic heterocycles. The minimum Gasteiger partial charge on any atom is -0.455 e. The number of nitrogens with zero attached hydrogens (tertiary/aromatic N) is 1. The van der Waals surface area contributed by atoms with E-state index in [4.69, 9.17) is 16.3 Å². The van der Waals surface area contributed by atoms with E-state index in [2.05, 4.69) is 5.32 Å². The Morgan fingerprint density at radius 3 is 2.68 bits per heavy atom. The van der Waals surface area contributed by atoms with Gasteiger partial charge in [0.1, 0.15) is 5.82 Å². The number of anilines is 1. The predicted octanol–water partition coefficient (Wildman–Crippen LogP) is 3.57. The number of benzene rings is 1. The maximum absolute atomic E-state index is 13.6. The maximum atomic E-state index is 13.6. The monoisotopic (exact) mass is 424 g/mol. The number of likely N-dealkylation sites (tertiary alicyclic amines) is 1. The van der Waals surface area contributed by atoms with E-state index in [-0.39, 0.29) is 22.5 Å². The van der Waals surface area contributed by atoms with Crippen LogP contribution in [-0.4, -0.2) is 42.4 Å². The number of piperidine rings is 1. The lowest BCUT2D eigenvalue weighted by atomic mass is 9.97. The van der Waals surface area contributed by atoms with Crippen molar-refractivity contribution in [1.82, 2.24) is 4.90 Å². The minimum absolute atomic E-state index is 0.0373. The SMILES string of the molecule is O=C(COC(=O)C1CCN(C(=O)c2cccs2)CC1)Nc1cc(Cl)ccc1F. The van der Waals surface area contributed by atoms with Gasteiger partial charge in [0.15, 0.2) is 6.61 Å². The topological polar surface area (TPSA) is 75.7 Å². The average molecular weight is 425 g/mol. The normalized spacial score (nSPS) is 14.6. The molecule has 2 heterocycles. The average Bonchev–Trinajstić information content (AvgIpc) is 3.23. The van der Waals surface area contributed by atoms with Gasteiger partial charge in [-0.15, -0.1) is 11.3 Å². The molecule has 0 radical (unpaired) electrons. The second-order valence-corrected chi connectivity index (χ2v) is 7.71. The molecule has 0 unspecified atom stereocenters. The summed E-state index contributed by atoms with van der Waals surface area (Å²) in [7, 11) is 0. The van der Waals surface area contributed by atoms with Crippen LogP contribution in [0.4, 0.5) is 10.1 Å². The molecule has 9 heteroatoms. The molecule has 0 aliphatic carbocycles. The number of halogens is 2. The Morgan fingerprint density at radius 1 is 1.25 bits per heavy atom. The number of esters is 1. The van der Waals surface area contributed by atoms with Crippen LogP contribution in [0.5, 0.6) is 0 Å². The van der Waals surface area contributed by atoms with Gasteiger partial charge in [-0.2, -0.15) is 0 Å². The number of rotatable bonds is 5. The smallest absolute Gasteiger partial charge is 0.309 e. The van der Waals surface area contributed by atoms with Crippen molar-refractivity contribution in [2.24, 2.45) is 5.92 Å². The van der Waals surface area contributed by atoms with Crippen molar-refractivity contribution in [3.05, 3.63) is 51.4 Å². The fraction of sp³-hybridized carbons (Fsp3) is 0.316. The highest BCUT2D eigenvalue weighted by Gasteiger charge is 2.29. The number of nitrogens with one attached hydrogen (secondary N) is 1. The van der Waals surface area contributed by atoms with Crippen LogP contribution in [0.2, 0.25) is 5.02 Å². The first-order chi connectivity index (χ1) is 13.4. The summed E-state index contributed by atoms with van der Waals surface area (Å²) >= 11 is 7.15. The van der Waals surface area contributed by atoms with Gasteiger partial charge in [-0.05, 0) is 42.5 Å². The quantitative estimate of drug-likeness (QED) is 0.744. The summed E-state index contributed by atoms with van der Waals surface area (Å²) in [5.74, 6) is -2.19. The van der Waals surface area contributed by atoms with Crippen molar-refractivity contribution in [1.29, 1.82) is 0 Å². The van der Waals surface area contributed by atoms with E-state index in [9.17, 15) is 18.8 Å². The van der Waals surface area contributed by atoms with E-state index >= 15 is 0 Å². The van der Waals surface area contributed by atoms with Crippen LogP contribution >= 0.6 is 22.9 Å². The van der Waals surface area contributed by atoms with Crippen LogP contribution in [0.25, 0.3) is 0 Å². The summed E-state index contributed by atoms with van der Waals surface area (Å²) in [5, 5.41) is 4.44. The summed E-state index contributed by atoms with van der Waals surface area (Å²) in [5.41, 5.74) is -0.0750.